The molecule has 0 unspecified atom stereocenters. The quantitative estimate of drug-likeness (QED) is 0.801. The van der Waals surface area contributed by atoms with Crippen LogP contribution in [0.2, 0.25) is 0 Å². The zero-order valence-corrected chi connectivity index (χ0v) is 8.53. The smallest absolute Gasteiger partial charge is 0.345 e. The maximum absolute atomic E-state index is 12.4. The summed E-state index contributed by atoms with van der Waals surface area (Å²) < 4.78 is 33.8. The summed E-state index contributed by atoms with van der Waals surface area (Å²) in [6, 6.07) is 0. The highest BCUT2D eigenvalue weighted by Gasteiger charge is 2.25. The summed E-state index contributed by atoms with van der Waals surface area (Å²) in [5, 5.41) is 9.45. The highest BCUT2D eigenvalue weighted by Crippen LogP contribution is 2.34. The van der Waals surface area contributed by atoms with Crippen molar-refractivity contribution >= 4 is 5.97 Å². The van der Waals surface area contributed by atoms with Crippen molar-refractivity contribution in [3.63, 3.8) is 0 Å². The fourth-order valence-electron chi connectivity index (χ4n) is 1.11. The van der Waals surface area contributed by atoms with Gasteiger partial charge in [-0.15, -0.1) is 0 Å². The predicted molar refractivity (Wildman–Crippen MR) is 48.8 cm³/mol. The summed E-state index contributed by atoms with van der Waals surface area (Å²) in [5.41, 5.74) is -1.35. The molecule has 1 aromatic heterocycles. The van der Waals surface area contributed by atoms with E-state index in [0.717, 1.165) is 13.3 Å². The van der Waals surface area contributed by atoms with E-state index in [1.807, 2.05) is 0 Å². The number of carbonyl (C=O) groups excluding carboxylic acids is 1. The van der Waals surface area contributed by atoms with Crippen LogP contribution in [0.25, 0.3) is 0 Å². The van der Waals surface area contributed by atoms with Crippen molar-refractivity contribution in [3.05, 3.63) is 17.5 Å². The number of carbonyl (C=O) groups is 1. The molecule has 16 heavy (non-hydrogen) atoms. The van der Waals surface area contributed by atoms with Gasteiger partial charge in [-0.05, 0) is 0 Å². The van der Waals surface area contributed by atoms with Crippen LogP contribution in [0.3, 0.4) is 0 Å². The van der Waals surface area contributed by atoms with Crippen LogP contribution in [0.5, 0.6) is 11.5 Å². The Balaban J connectivity index is 3.40. The maximum Gasteiger partial charge on any atom is 0.345 e. The second-order valence-corrected chi connectivity index (χ2v) is 2.73. The highest BCUT2D eigenvalue weighted by atomic mass is 19.3. The molecule has 0 amide bonds. The van der Waals surface area contributed by atoms with Crippen LogP contribution in [0.4, 0.5) is 8.78 Å². The van der Waals surface area contributed by atoms with Crippen molar-refractivity contribution in [2.75, 3.05) is 14.2 Å². The van der Waals surface area contributed by atoms with Gasteiger partial charge in [0.15, 0.2) is 11.5 Å². The van der Waals surface area contributed by atoms with Gasteiger partial charge >= 0.3 is 5.97 Å². The molecule has 0 atom stereocenters. The van der Waals surface area contributed by atoms with Gasteiger partial charge < -0.3 is 14.6 Å². The molecule has 1 heterocycles. The van der Waals surface area contributed by atoms with Gasteiger partial charge in [-0.1, -0.05) is 0 Å². The molecule has 0 radical (unpaired) electrons. The predicted octanol–water partition coefficient (Wildman–Crippen LogP) is 1.52. The second kappa shape index (κ2) is 4.73. The monoisotopic (exact) mass is 233 g/mol. The number of esters is 1. The third-order valence-electron chi connectivity index (χ3n) is 1.86. The molecule has 0 aliphatic carbocycles. The average molecular weight is 233 g/mol. The summed E-state index contributed by atoms with van der Waals surface area (Å²) in [6.45, 7) is 0. The Morgan fingerprint density at radius 2 is 2.12 bits per heavy atom. The molecule has 0 aromatic carbocycles. The molecule has 0 saturated carbocycles. The van der Waals surface area contributed by atoms with Gasteiger partial charge in [-0.2, -0.15) is 0 Å². The van der Waals surface area contributed by atoms with Gasteiger partial charge in [0.1, 0.15) is 11.3 Å². The fraction of sp³-hybridized carbons (Fsp3) is 0.333. The van der Waals surface area contributed by atoms with Crippen molar-refractivity contribution in [1.82, 2.24) is 4.98 Å². The summed E-state index contributed by atoms with van der Waals surface area (Å²) in [7, 11) is 2.27. The Kier molecular flexibility index (Phi) is 3.60. The highest BCUT2D eigenvalue weighted by molar-refractivity contribution is 5.95. The Morgan fingerprint density at radius 1 is 1.50 bits per heavy atom. The van der Waals surface area contributed by atoms with Gasteiger partial charge in [0.25, 0.3) is 6.43 Å². The number of aromatic nitrogens is 1. The molecule has 1 N–H and O–H groups in total. The van der Waals surface area contributed by atoms with Crippen molar-refractivity contribution in [3.8, 4) is 11.5 Å². The Labute approximate surface area is 89.6 Å². The van der Waals surface area contributed by atoms with E-state index in [1.54, 1.807) is 0 Å². The van der Waals surface area contributed by atoms with Crippen LogP contribution in [0.1, 0.15) is 22.5 Å². The zero-order valence-electron chi connectivity index (χ0n) is 8.53. The number of hydrogen-bond acceptors (Lipinski definition) is 5. The van der Waals surface area contributed by atoms with E-state index in [9.17, 15) is 18.7 Å². The molecule has 1 rings (SSSR count). The molecule has 0 fully saturated rings. The van der Waals surface area contributed by atoms with E-state index in [-0.39, 0.29) is 5.75 Å². The number of aromatic hydroxyl groups is 1. The van der Waals surface area contributed by atoms with Crippen LogP contribution in [-0.4, -0.2) is 30.3 Å². The third-order valence-corrected chi connectivity index (χ3v) is 1.86. The minimum atomic E-state index is -2.99. The van der Waals surface area contributed by atoms with Gasteiger partial charge in [0, 0.05) is 0 Å². The number of hydrogen-bond donors (Lipinski definition) is 1. The third kappa shape index (κ3) is 2.02. The van der Waals surface area contributed by atoms with Gasteiger partial charge in [0.05, 0.1) is 20.4 Å². The van der Waals surface area contributed by atoms with E-state index in [0.29, 0.717) is 0 Å². The topological polar surface area (TPSA) is 68.7 Å². The van der Waals surface area contributed by atoms with Crippen LogP contribution in [0, 0.1) is 0 Å². The summed E-state index contributed by atoms with van der Waals surface area (Å²) in [6.07, 6.45) is -2.07. The molecule has 0 aliphatic rings. The first-order valence-electron chi connectivity index (χ1n) is 4.15. The maximum atomic E-state index is 12.4. The van der Waals surface area contributed by atoms with E-state index in [2.05, 4.69) is 9.72 Å². The average Bonchev–Trinajstić information content (AvgIpc) is 2.26. The molecule has 0 spiro atoms. The molecule has 7 heteroatoms. The Bertz CT molecular complexity index is 409. The number of halogens is 2. The Morgan fingerprint density at radius 3 is 2.56 bits per heavy atom. The van der Waals surface area contributed by atoms with E-state index >= 15 is 0 Å². The fourth-order valence-corrected chi connectivity index (χ4v) is 1.11. The lowest BCUT2D eigenvalue weighted by Crippen LogP contribution is -2.07. The van der Waals surface area contributed by atoms with Crippen molar-refractivity contribution in [2.45, 2.75) is 6.43 Å². The molecule has 0 bridgehead atoms. The SMILES string of the molecule is COC(=O)c1c(OC)cnc(C(F)F)c1O. The van der Waals surface area contributed by atoms with E-state index in [4.69, 9.17) is 4.74 Å². The first-order valence-corrected chi connectivity index (χ1v) is 4.15. The number of ether oxygens (including phenoxy) is 2. The lowest BCUT2D eigenvalue weighted by Gasteiger charge is -2.10. The van der Waals surface area contributed by atoms with Gasteiger partial charge in [-0.25, -0.2) is 18.6 Å². The molecule has 1 aromatic rings. The summed E-state index contributed by atoms with van der Waals surface area (Å²) in [5.74, 6) is -2.03. The largest absolute Gasteiger partial charge is 0.505 e. The number of pyridine rings is 1. The van der Waals surface area contributed by atoms with Crippen LogP contribution >= 0.6 is 0 Å². The van der Waals surface area contributed by atoms with Crippen molar-refractivity contribution in [1.29, 1.82) is 0 Å². The summed E-state index contributed by atoms with van der Waals surface area (Å²) >= 11 is 0. The van der Waals surface area contributed by atoms with Gasteiger partial charge in [0.2, 0.25) is 0 Å². The molecule has 0 saturated heterocycles. The minimum absolute atomic E-state index is 0.131. The normalized spacial score (nSPS) is 10.3. The number of alkyl halides is 2. The molecular weight excluding hydrogens is 224 g/mol. The number of rotatable bonds is 3. The van der Waals surface area contributed by atoms with Crippen LogP contribution in [-0.2, 0) is 4.74 Å². The molecule has 88 valence electrons. The number of methoxy groups -OCH3 is 2. The lowest BCUT2D eigenvalue weighted by molar-refractivity contribution is 0.0592. The van der Waals surface area contributed by atoms with Crippen LogP contribution in [0.15, 0.2) is 6.20 Å². The molecule has 5 nitrogen and oxygen atoms in total. The number of nitrogens with zero attached hydrogens (tertiary/aromatic N) is 1. The minimum Gasteiger partial charge on any atom is -0.505 e. The first-order chi connectivity index (χ1) is 7.52. The lowest BCUT2D eigenvalue weighted by atomic mass is 10.2. The molecular formula is C9H9F2NO4. The zero-order chi connectivity index (χ0) is 12.3. The van der Waals surface area contributed by atoms with Crippen LogP contribution < -0.4 is 4.74 Å². The van der Waals surface area contributed by atoms with E-state index < -0.39 is 29.4 Å². The standard InChI is InChI=1S/C9H9F2NO4/c1-15-4-3-12-6(8(10)11)7(13)5(4)9(14)16-2/h3,8,13H,1-2H3. The second-order valence-electron chi connectivity index (χ2n) is 2.73. The van der Waals surface area contributed by atoms with E-state index in [1.165, 1.54) is 7.11 Å². The van der Waals surface area contributed by atoms with Gasteiger partial charge in [-0.3, -0.25) is 0 Å². The van der Waals surface area contributed by atoms with Crippen molar-refractivity contribution < 1.29 is 28.2 Å². The Hall–Kier alpha value is -1.92. The first kappa shape index (κ1) is 12.2. The molecule has 0 aliphatic heterocycles. The van der Waals surface area contributed by atoms with Crippen molar-refractivity contribution in [2.24, 2.45) is 0 Å². The summed E-state index contributed by atoms with van der Waals surface area (Å²) in [4.78, 5) is 14.5.